The lowest BCUT2D eigenvalue weighted by Gasteiger charge is -2.18. The van der Waals surface area contributed by atoms with Gasteiger partial charge in [0.25, 0.3) is 0 Å². The predicted molar refractivity (Wildman–Crippen MR) is 87.7 cm³/mol. The maximum atomic E-state index is 6.38. The zero-order valence-corrected chi connectivity index (χ0v) is 14.0. The first-order valence-electron chi connectivity index (χ1n) is 6.29. The van der Waals surface area contributed by atoms with Crippen LogP contribution < -0.4 is 10.5 Å². The van der Waals surface area contributed by atoms with Crippen LogP contribution in [0.2, 0.25) is 5.02 Å². The second-order valence-corrected chi connectivity index (χ2v) is 6.09. The topological polar surface area (TPSA) is 35.2 Å². The smallest absolute Gasteiger partial charge is 0.122 e. The van der Waals surface area contributed by atoms with Crippen molar-refractivity contribution in [3.05, 3.63) is 62.1 Å². The average Bonchev–Trinajstić information content (AvgIpc) is 2.43. The van der Waals surface area contributed by atoms with E-state index in [-0.39, 0.29) is 6.04 Å². The van der Waals surface area contributed by atoms with Gasteiger partial charge in [-0.15, -0.1) is 0 Å². The molecule has 0 saturated heterocycles. The Morgan fingerprint density at radius 3 is 2.45 bits per heavy atom. The van der Waals surface area contributed by atoms with Gasteiger partial charge in [-0.2, -0.15) is 0 Å². The third-order valence-electron chi connectivity index (χ3n) is 3.42. The van der Waals surface area contributed by atoms with Crippen molar-refractivity contribution in [2.24, 2.45) is 5.73 Å². The second-order valence-electron chi connectivity index (χ2n) is 4.83. The molecule has 0 aliphatic carbocycles. The van der Waals surface area contributed by atoms with Crippen LogP contribution in [0.3, 0.4) is 0 Å². The first-order valence-corrected chi connectivity index (χ1v) is 7.46. The van der Waals surface area contributed by atoms with Crippen molar-refractivity contribution >= 4 is 27.5 Å². The van der Waals surface area contributed by atoms with E-state index in [1.165, 1.54) is 0 Å². The summed E-state index contributed by atoms with van der Waals surface area (Å²) in [6.07, 6.45) is 0. The largest absolute Gasteiger partial charge is 0.496 e. The average molecular weight is 355 g/mol. The van der Waals surface area contributed by atoms with Crippen LogP contribution in [0.15, 0.2) is 34.8 Å². The number of aryl methyl sites for hydroxylation is 2. The lowest BCUT2D eigenvalue weighted by Crippen LogP contribution is -2.13. The molecule has 2 aromatic carbocycles. The zero-order chi connectivity index (χ0) is 14.9. The summed E-state index contributed by atoms with van der Waals surface area (Å²) in [5, 5.41) is 0.667. The van der Waals surface area contributed by atoms with Gasteiger partial charge in [-0.1, -0.05) is 23.7 Å². The highest BCUT2D eigenvalue weighted by Crippen LogP contribution is 2.31. The molecule has 0 aliphatic heterocycles. The lowest BCUT2D eigenvalue weighted by atomic mass is 9.94. The summed E-state index contributed by atoms with van der Waals surface area (Å²) in [5.41, 5.74) is 10.6. The Morgan fingerprint density at radius 1 is 1.15 bits per heavy atom. The summed E-state index contributed by atoms with van der Waals surface area (Å²) < 4.78 is 6.21. The molecule has 0 spiro atoms. The van der Waals surface area contributed by atoms with Gasteiger partial charge in [0.2, 0.25) is 0 Å². The molecule has 2 rings (SSSR count). The van der Waals surface area contributed by atoms with E-state index in [1.807, 2.05) is 38.1 Å². The normalized spacial score (nSPS) is 12.3. The van der Waals surface area contributed by atoms with Gasteiger partial charge in [0.05, 0.1) is 18.2 Å². The van der Waals surface area contributed by atoms with Crippen LogP contribution in [0.4, 0.5) is 0 Å². The van der Waals surface area contributed by atoms with Crippen LogP contribution >= 0.6 is 27.5 Å². The Labute approximate surface area is 133 Å². The van der Waals surface area contributed by atoms with Crippen molar-refractivity contribution < 1.29 is 4.74 Å². The molecule has 0 radical (unpaired) electrons. The molecule has 1 unspecified atom stereocenters. The van der Waals surface area contributed by atoms with Gasteiger partial charge in [0.15, 0.2) is 0 Å². The second kappa shape index (κ2) is 6.17. The summed E-state index contributed by atoms with van der Waals surface area (Å²) in [4.78, 5) is 0. The van der Waals surface area contributed by atoms with Crippen LogP contribution in [0.5, 0.6) is 5.75 Å². The minimum Gasteiger partial charge on any atom is -0.496 e. The molecule has 2 N–H and O–H groups in total. The molecular weight excluding hydrogens is 338 g/mol. The maximum absolute atomic E-state index is 6.38. The SMILES string of the molecule is COc1cc(C)c(C(N)c2ccc(Br)c(Cl)c2)cc1C. The van der Waals surface area contributed by atoms with Crippen molar-refractivity contribution in [2.45, 2.75) is 19.9 Å². The predicted octanol–water partition coefficient (Wildman–Crippen LogP) is 4.78. The van der Waals surface area contributed by atoms with E-state index in [4.69, 9.17) is 22.1 Å². The summed E-state index contributed by atoms with van der Waals surface area (Å²) in [6, 6.07) is 9.70. The van der Waals surface area contributed by atoms with E-state index in [0.717, 1.165) is 32.5 Å². The number of nitrogens with two attached hydrogens (primary N) is 1. The van der Waals surface area contributed by atoms with Crippen molar-refractivity contribution in [2.75, 3.05) is 7.11 Å². The number of hydrogen-bond donors (Lipinski definition) is 1. The van der Waals surface area contributed by atoms with Gasteiger partial charge < -0.3 is 10.5 Å². The Balaban J connectivity index is 2.45. The fraction of sp³-hybridized carbons (Fsp3) is 0.250. The van der Waals surface area contributed by atoms with Crippen LogP contribution in [-0.4, -0.2) is 7.11 Å². The molecular formula is C16H17BrClNO. The number of methoxy groups -OCH3 is 1. The van der Waals surface area contributed by atoms with Gasteiger partial charge in [0.1, 0.15) is 5.75 Å². The summed E-state index contributed by atoms with van der Waals surface area (Å²) in [7, 11) is 1.68. The molecule has 0 aliphatic rings. The molecule has 0 fully saturated rings. The molecule has 2 nitrogen and oxygen atoms in total. The fourth-order valence-electron chi connectivity index (χ4n) is 2.25. The minimum absolute atomic E-state index is 0.204. The molecule has 0 heterocycles. The van der Waals surface area contributed by atoms with Crippen LogP contribution in [0, 0.1) is 13.8 Å². The summed E-state index contributed by atoms with van der Waals surface area (Å²) >= 11 is 9.53. The van der Waals surface area contributed by atoms with E-state index < -0.39 is 0 Å². The Morgan fingerprint density at radius 2 is 1.85 bits per heavy atom. The zero-order valence-electron chi connectivity index (χ0n) is 11.7. The van der Waals surface area contributed by atoms with Crippen molar-refractivity contribution in [1.29, 1.82) is 0 Å². The minimum atomic E-state index is -0.204. The molecule has 106 valence electrons. The van der Waals surface area contributed by atoms with Crippen molar-refractivity contribution in [3.63, 3.8) is 0 Å². The molecule has 20 heavy (non-hydrogen) atoms. The number of hydrogen-bond acceptors (Lipinski definition) is 2. The molecule has 4 heteroatoms. The standard InChI is InChI=1S/C16H17BrClNO/c1-9-7-15(20-3)10(2)6-12(9)16(19)11-4-5-13(17)14(18)8-11/h4-8,16H,19H2,1-3H3. The monoisotopic (exact) mass is 353 g/mol. The van der Waals surface area contributed by atoms with Crippen LogP contribution in [-0.2, 0) is 0 Å². The van der Waals surface area contributed by atoms with Gasteiger partial charge in [0, 0.05) is 4.47 Å². The fourth-order valence-corrected chi connectivity index (χ4v) is 2.69. The highest BCUT2D eigenvalue weighted by Gasteiger charge is 2.15. The Bertz CT molecular complexity index is 643. The number of rotatable bonds is 3. The molecule has 0 saturated carbocycles. The van der Waals surface area contributed by atoms with E-state index in [0.29, 0.717) is 5.02 Å². The third kappa shape index (κ3) is 3.00. The first-order chi connectivity index (χ1) is 9.43. The molecule has 0 amide bonds. The van der Waals surface area contributed by atoms with Gasteiger partial charge >= 0.3 is 0 Å². The van der Waals surface area contributed by atoms with Crippen LogP contribution in [0.1, 0.15) is 28.3 Å². The highest BCUT2D eigenvalue weighted by atomic mass is 79.9. The number of halogens is 2. The van der Waals surface area contributed by atoms with Gasteiger partial charge in [-0.25, -0.2) is 0 Å². The number of benzene rings is 2. The quantitative estimate of drug-likeness (QED) is 0.861. The van der Waals surface area contributed by atoms with Crippen LogP contribution in [0.25, 0.3) is 0 Å². The molecule has 0 bridgehead atoms. The molecule has 2 aromatic rings. The van der Waals surface area contributed by atoms with E-state index >= 15 is 0 Å². The summed E-state index contributed by atoms with van der Waals surface area (Å²) in [6.45, 7) is 4.06. The Hall–Kier alpha value is -1.03. The lowest BCUT2D eigenvalue weighted by molar-refractivity contribution is 0.411. The summed E-state index contributed by atoms with van der Waals surface area (Å²) in [5.74, 6) is 0.882. The van der Waals surface area contributed by atoms with Gasteiger partial charge in [-0.3, -0.25) is 0 Å². The molecule has 0 aromatic heterocycles. The first kappa shape index (κ1) is 15.4. The number of ether oxygens (including phenoxy) is 1. The third-order valence-corrected chi connectivity index (χ3v) is 4.65. The van der Waals surface area contributed by atoms with E-state index in [1.54, 1.807) is 7.11 Å². The van der Waals surface area contributed by atoms with Crippen molar-refractivity contribution in [1.82, 2.24) is 0 Å². The van der Waals surface area contributed by atoms with E-state index in [2.05, 4.69) is 22.0 Å². The van der Waals surface area contributed by atoms with Crippen molar-refractivity contribution in [3.8, 4) is 5.75 Å². The molecule has 1 atom stereocenters. The maximum Gasteiger partial charge on any atom is 0.122 e. The van der Waals surface area contributed by atoms with Gasteiger partial charge in [-0.05, 0) is 70.2 Å². The Kier molecular flexibility index (Phi) is 4.74. The highest BCUT2D eigenvalue weighted by molar-refractivity contribution is 9.10. The van der Waals surface area contributed by atoms with E-state index in [9.17, 15) is 0 Å².